The lowest BCUT2D eigenvalue weighted by atomic mass is 10.2. The maximum Gasteiger partial charge on any atom is 0.332 e. The summed E-state index contributed by atoms with van der Waals surface area (Å²) in [5.74, 6) is -2.36. The number of amides is 1. The molecule has 1 amide bonds. The van der Waals surface area contributed by atoms with Crippen LogP contribution in [0.2, 0.25) is 0 Å². The number of carboxylic acids is 1. The van der Waals surface area contributed by atoms with Gasteiger partial charge in [-0.3, -0.25) is 14.9 Å². The molecule has 0 bridgehead atoms. The molecule has 1 saturated heterocycles. The zero-order valence-electron chi connectivity index (χ0n) is 8.23. The smallest absolute Gasteiger partial charge is 0.332 e. The van der Waals surface area contributed by atoms with Crippen LogP contribution in [0.1, 0.15) is 0 Å². The Hall–Kier alpha value is -1.63. The van der Waals surface area contributed by atoms with E-state index < -0.39 is 30.4 Å². The number of rotatable bonds is 3. The minimum atomic E-state index is -1.10. The Labute approximate surface area is 86.0 Å². The van der Waals surface area contributed by atoms with E-state index in [1.165, 1.54) is 7.11 Å². The van der Waals surface area contributed by atoms with Crippen molar-refractivity contribution in [2.45, 2.75) is 6.04 Å². The minimum Gasteiger partial charge on any atom is -0.480 e. The van der Waals surface area contributed by atoms with Gasteiger partial charge in [0.05, 0.1) is 7.11 Å². The second-order valence-corrected chi connectivity index (χ2v) is 3.06. The maximum atomic E-state index is 11.6. The van der Waals surface area contributed by atoms with Gasteiger partial charge in [-0.05, 0) is 0 Å². The summed E-state index contributed by atoms with van der Waals surface area (Å²) in [5, 5.41) is 11.2. The van der Waals surface area contributed by atoms with Crippen molar-refractivity contribution in [1.82, 2.24) is 10.2 Å². The Balaban J connectivity index is 2.66. The number of nitrogens with zero attached hydrogens (tertiary/aromatic N) is 1. The molecular formula is C8H12N2O5. The number of piperazine rings is 1. The summed E-state index contributed by atoms with van der Waals surface area (Å²) in [4.78, 5) is 34.2. The molecule has 1 rings (SSSR count). The van der Waals surface area contributed by atoms with E-state index in [4.69, 9.17) is 5.11 Å². The highest BCUT2D eigenvalue weighted by molar-refractivity contribution is 6.03. The third-order valence-electron chi connectivity index (χ3n) is 2.05. The lowest BCUT2D eigenvalue weighted by Gasteiger charge is -2.30. The van der Waals surface area contributed by atoms with Crippen molar-refractivity contribution in [3.05, 3.63) is 0 Å². The SMILES string of the molecule is COC(=O)C1NCCN(CC(=O)O)C1=O. The average molecular weight is 216 g/mol. The summed E-state index contributed by atoms with van der Waals surface area (Å²) in [6, 6.07) is -1.08. The highest BCUT2D eigenvalue weighted by Gasteiger charge is 2.35. The molecule has 7 heteroatoms. The quantitative estimate of drug-likeness (QED) is 0.420. The van der Waals surface area contributed by atoms with Crippen molar-refractivity contribution in [3.8, 4) is 0 Å². The van der Waals surface area contributed by atoms with Crippen LogP contribution >= 0.6 is 0 Å². The molecule has 1 unspecified atom stereocenters. The topological polar surface area (TPSA) is 95.9 Å². The molecule has 0 saturated carbocycles. The molecular weight excluding hydrogens is 204 g/mol. The van der Waals surface area contributed by atoms with Crippen molar-refractivity contribution in [3.63, 3.8) is 0 Å². The number of ether oxygens (including phenoxy) is 1. The molecule has 0 aliphatic carbocycles. The fourth-order valence-corrected chi connectivity index (χ4v) is 1.35. The summed E-state index contributed by atoms with van der Waals surface area (Å²) in [7, 11) is 1.17. The van der Waals surface area contributed by atoms with E-state index in [9.17, 15) is 14.4 Å². The molecule has 1 aliphatic rings. The molecule has 0 aromatic carbocycles. The molecule has 1 atom stereocenters. The van der Waals surface area contributed by atoms with Gasteiger partial charge in [0.2, 0.25) is 0 Å². The van der Waals surface area contributed by atoms with Crippen LogP contribution in [0.3, 0.4) is 0 Å². The van der Waals surface area contributed by atoms with Crippen LogP contribution in [-0.4, -0.2) is 60.6 Å². The number of aliphatic carboxylic acids is 1. The minimum absolute atomic E-state index is 0.276. The van der Waals surface area contributed by atoms with E-state index in [0.717, 1.165) is 4.90 Å². The van der Waals surface area contributed by atoms with Crippen molar-refractivity contribution in [2.75, 3.05) is 26.7 Å². The predicted octanol–water partition coefficient (Wildman–Crippen LogP) is -1.96. The third kappa shape index (κ3) is 2.66. The van der Waals surface area contributed by atoms with Crippen molar-refractivity contribution < 1.29 is 24.2 Å². The number of esters is 1. The molecule has 1 aliphatic heterocycles. The Bertz CT molecular complexity index is 291. The van der Waals surface area contributed by atoms with E-state index in [2.05, 4.69) is 10.1 Å². The highest BCUT2D eigenvalue weighted by Crippen LogP contribution is 2.02. The Morgan fingerprint density at radius 3 is 2.87 bits per heavy atom. The van der Waals surface area contributed by atoms with Crippen molar-refractivity contribution in [2.24, 2.45) is 0 Å². The van der Waals surface area contributed by atoms with Gasteiger partial charge < -0.3 is 14.7 Å². The predicted molar refractivity (Wildman–Crippen MR) is 48.0 cm³/mol. The average Bonchev–Trinajstić information content (AvgIpc) is 2.19. The van der Waals surface area contributed by atoms with E-state index in [1.807, 2.05) is 0 Å². The van der Waals surface area contributed by atoms with Crippen LogP contribution in [-0.2, 0) is 19.1 Å². The Morgan fingerprint density at radius 2 is 2.33 bits per heavy atom. The van der Waals surface area contributed by atoms with Gasteiger partial charge in [-0.2, -0.15) is 0 Å². The summed E-state index contributed by atoms with van der Waals surface area (Å²) in [5.41, 5.74) is 0. The lowest BCUT2D eigenvalue weighted by molar-refractivity contribution is -0.155. The van der Waals surface area contributed by atoms with Crippen LogP contribution in [0, 0.1) is 0 Å². The van der Waals surface area contributed by atoms with Crippen LogP contribution in [0.25, 0.3) is 0 Å². The van der Waals surface area contributed by atoms with Gasteiger partial charge in [-0.25, -0.2) is 4.79 Å². The fourth-order valence-electron chi connectivity index (χ4n) is 1.35. The van der Waals surface area contributed by atoms with Crippen LogP contribution < -0.4 is 5.32 Å². The van der Waals surface area contributed by atoms with E-state index in [-0.39, 0.29) is 6.54 Å². The van der Waals surface area contributed by atoms with Gasteiger partial charge in [0.1, 0.15) is 6.54 Å². The van der Waals surface area contributed by atoms with Crippen LogP contribution in [0.5, 0.6) is 0 Å². The number of nitrogens with one attached hydrogen (secondary N) is 1. The molecule has 1 heterocycles. The van der Waals surface area contributed by atoms with Gasteiger partial charge in [-0.15, -0.1) is 0 Å². The Morgan fingerprint density at radius 1 is 1.67 bits per heavy atom. The van der Waals surface area contributed by atoms with Crippen molar-refractivity contribution in [1.29, 1.82) is 0 Å². The standard InChI is InChI=1S/C8H12N2O5/c1-15-8(14)6-7(13)10(3-2-9-6)4-5(11)12/h6,9H,2-4H2,1H3,(H,11,12). The molecule has 0 aromatic rings. The second-order valence-electron chi connectivity index (χ2n) is 3.06. The molecule has 2 N–H and O–H groups in total. The molecule has 0 radical (unpaired) electrons. The second kappa shape index (κ2) is 4.74. The zero-order chi connectivity index (χ0) is 11.4. The lowest BCUT2D eigenvalue weighted by Crippen LogP contribution is -2.59. The normalized spacial score (nSPS) is 21.3. The van der Waals surface area contributed by atoms with Crippen LogP contribution in [0.15, 0.2) is 0 Å². The number of hydrogen-bond acceptors (Lipinski definition) is 5. The molecule has 0 spiro atoms. The summed E-state index contributed by atoms with van der Waals surface area (Å²) in [6.07, 6.45) is 0. The third-order valence-corrected chi connectivity index (χ3v) is 2.05. The molecule has 7 nitrogen and oxygen atoms in total. The van der Waals surface area contributed by atoms with E-state index >= 15 is 0 Å². The van der Waals surface area contributed by atoms with E-state index in [1.54, 1.807) is 0 Å². The van der Waals surface area contributed by atoms with Gasteiger partial charge in [0.15, 0.2) is 6.04 Å². The summed E-state index contributed by atoms with van der Waals surface area (Å²) in [6.45, 7) is 0.255. The Kier molecular flexibility index (Phi) is 3.62. The first kappa shape index (κ1) is 11.4. The van der Waals surface area contributed by atoms with Crippen molar-refractivity contribution >= 4 is 17.8 Å². The molecule has 0 aromatic heterocycles. The summed E-state index contributed by atoms with van der Waals surface area (Å²) >= 11 is 0. The van der Waals surface area contributed by atoms with Gasteiger partial charge in [0, 0.05) is 13.1 Å². The number of carbonyl (C=O) groups excluding carboxylic acids is 2. The van der Waals surface area contributed by atoms with E-state index in [0.29, 0.717) is 6.54 Å². The summed E-state index contributed by atoms with van der Waals surface area (Å²) < 4.78 is 4.42. The molecule has 84 valence electrons. The highest BCUT2D eigenvalue weighted by atomic mass is 16.5. The van der Waals surface area contributed by atoms with Gasteiger partial charge in [0.25, 0.3) is 5.91 Å². The number of hydrogen-bond donors (Lipinski definition) is 2. The maximum absolute atomic E-state index is 11.6. The van der Waals surface area contributed by atoms with Gasteiger partial charge >= 0.3 is 11.9 Å². The number of carbonyl (C=O) groups is 3. The molecule has 1 fully saturated rings. The largest absolute Gasteiger partial charge is 0.480 e. The first-order valence-corrected chi connectivity index (χ1v) is 4.38. The molecule has 15 heavy (non-hydrogen) atoms. The zero-order valence-corrected chi connectivity index (χ0v) is 8.23. The first-order valence-electron chi connectivity index (χ1n) is 4.38. The van der Waals surface area contributed by atoms with Gasteiger partial charge in [-0.1, -0.05) is 0 Å². The number of methoxy groups -OCH3 is 1. The fraction of sp³-hybridized carbons (Fsp3) is 0.625. The first-order chi connectivity index (χ1) is 7.06. The monoisotopic (exact) mass is 216 g/mol. The van der Waals surface area contributed by atoms with Crippen LogP contribution in [0.4, 0.5) is 0 Å². The number of carboxylic acid groups (broad SMARTS) is 1.